The second kappa shape index (κ2) is 18.0. The second-order valence-electron chi connectivity index (χ2n) is 21.1. The summed E-state index contributed by atoms with van der Waals surface area (Å²) in [6, 6.07) is 42.7. The Morgan fingerprint density at radius 1 is 0.690 bits per heavy atom. The molecule has 14 rings (SSSR count). The molecule has 0 N–H and O–H groups in total. The fourth-order valence-electron chi connectivity index (χ4n) is 14.2. The smallest absolute Gasteiger partial charge is 0.0601 e. The summed E-state index contributed by atoms with van der Waals surface area (Å²) in [5.74, 6) is 1.34. The van der Waals surface area contributed by atoms with Crippen molar-refractivity contribution in [2.24, 2.45) is 11.8 Å². The van der Waals surface area contributed by atoms with E-state index in [2.05, 4.69) is 244 Å². The number of alkyl halides is 1. The van der Waals surface area contributed by atoms with Gasteiger partial charge in [0.1, 0.15) is 0 Å². The van der Waals surface area contributed by atoms with Crippen molar-refractivity contribution in [2.45, 2.75) is 95.7 Å². The van der Waals surface area contributed by atoms with Gasteiger partial charge >= 0.3 is 0 Å². The van der Waals surface area contributed by atoms with E-state index in [1.54, 1.807) is 16.7 Å². The maximum atomic E-state index is 2.77. The first-order valence-corrected chi connectivity index (χ1v) is 28.6. The molecule has 7 atom stereocenters. The summed E-state index contributed by atoms with van der Waals surface area (Å²) in [5, 5.41) is 2.89. The van der Waals surface area contributed by atoms with E-state index in [1.165, 1.54) is 103 Å². The number of para-hydroxylation sites is 1. The van der Waals surface area contributed by atoms with Crippen molar-refractivity contribution < 1.29 is 0 Å². The molecule has 1 saturated carbocycles. The van der Waals surface area contributed by atoms with E-state index in [0.717, 1.165) is 42.4 Å². The summed E-state index contributed by atoms with van der Waals surface area (Å²) >= 11 is 4.93. The van der Waals surface area contributed by atoms with Crippen molar-refractivity contribution in [3.8, 4) is 11.1 Å². The van der Waals surface area contributed by atoms with Crippen molar-refractivity contribution in [3.05, 3.63) is 239 Å². The molecular weight excluding hydrogens is 992 g/mol. The highest BCUT2D eigenvalue weighted by Crippen LogP contribution is 2.65. The summed E-state index contributed by atoms with van der Waals surface area (Å²) in [4.78, 5) is 4.24. The van der Waals surface area contributed by atoms with Gasteiger partial charge in [-0.1, -0.05) is 187 Å². The van der Waals surface area contributed by atoms with Crippen molar-refractivity contribution in [1.82, 2.24) is 4.57 Å². The highest BCUT2D eigenvalue weighted by molar-refractivity contribution is 14.1. The average Bonchev–Trinajstić information content (AvgIpc) is 4.09. The standard InChI is InChI=1S/C67H59IN2S/c68-50-21-14-20-49(43-50)67(48-18-6-2-7-19-48)59-27-12-10-25-57(59)64-60(67)40-39-56-55-26-15-29-63(65(55)71-66(56)64)69(52-35-30-45(31-36-52)44-16-4-1-5-17-44)53-37-32-46(33-38-53)47-34-41-62-58(42-47)54-24-11-13-28-61(54)70(62)51-22-8-3-9-23-51/h1-8,10-11,13,15-16,18-19,22,24-26,28-35,37-42,44,49-50,52,55,65H,9,12,14,17,20-21,23,27,36,43H2. The Labute approximate surface area is 437 Å². The molecule has 1 aromatic heterocycles. The molecule has 2 heterocycles. The molecule has 2 nitrogen and oxygen atoms in total. The van der Waals surface area contributed by atoms with Gasteiger partial charge in [-0.2, -0.15) is 0 Å². The van der Waals surface area contributed by atoms with Crippen LogP contribution in [0, 0.1) is 11.8 Å². The van der Waals surface area contributed by atoms with Gasteiger partial charge in [0.2, 0.25) is 0 Å². The highest BCUT2D eigenvalue weighted by atomic mass is 127. The van der Waals surface area contributed by atoms with Gasteiger partial charge in [0.15, 0.2) is 0 Å². The normalized spacial score (nSPS) is 27.1. The number of allylic oxidation sites excluding steroid dienone is 17. The maximum Gasteiger partial charge on any atom is 0.0601 e. The molecule has 0 spiro atoms. The number of aromatic nitrogens is 1. The molecule has 7 unspecified atom stereocenters. The molecule has 7 aliphatic carbocycles. The molecule has 4 heteroatoms. The van der Waals surface area contributed by atoms with Crippen LogP contribution in [0.1, 0.15) is 92.4 Å². The zero-order valence-corrected chi connectivity index (χ0v) is 43.2. The summed E-state index contributed by atoms with van der Waals surface area (Å²) < 4.78 is 3.21. The zero-order chi connectivity index (χ0) is 47.0. The number of hydrogen-bond acceptors (Lipinski definition) is 2. The molecule has 0 saturated heterocycles. The quantitative estimate of drug-likeness (QED) is 0.111. The van der Waals surface area contributed by atoms with Gasteiger partial charge in [0, 0.05) is 53.9 Å². The van der Waals surface area contributed by atoms with Gasteiger partial charge in [-0.25, -0.2) is 0 Å². The molecule has 6 aromatic rings. The summed E-state index contributed by atoms with van der Waals surface area (Å²) in [7, 11) is 0. The van der Waals surface area contributed by atoms with E-state index in [0.29, 0.717) is 17.8 Å². The summed E-state index contributed by atoms with van der Waals surface area (Å²) in [6.07, 6.45) is 47.4. The minimum Gasteiger partial charge on any atom is -0.337 e. The third kappa shape index (κ3) is 7.16. The first-order chi connectivity index (χ1) is 35.1. The number of anilines is 1. The largest absolute Gasteiger partial charge is 0.337 e. The zero-order valence-electron chi connectivity index (χ0n) is 40.3. The number of nitrogens with zero attached hydrogens (tertiary/aromatic N) is 2. The van der Waals surface area contributed by atoms with Gasteiger partial charge in [-0.3, -0.25) is 0 Å². The minimum atomic E-state index is -0.0848. The lowest BCUT2D eigenvalue weighted by molar-refractivity contribution is 0.276. The van der Waals surface area contributed by atoms with Gasteiger partial charge in [-0.15, -0.1) is 11.8 Å². The fourth-order valence-corrected chi connectivity index (χ4v) is 16.9. The van der Waals surface area contributed by atoms with Crippen molar-refractivity contribution >= 4 is 73.1 Å². The van der Waals surface area contributed by atoms with Crippen LogP contribution in [-0.2, 0) is 5.41 Å². The lowest BCUT2D eigenvalue weighted by Gasteiger charge is -2.45. The number of rotatable bonds is 8. The molecule has 1 aliphatic heterocycles. The molecule has 71 heavy (non-hydrogen) atoms. The van der Waals surface area contributed by atoms with Crippen molar-refractivity contribution in [2.75, 3.05) is 4.90 Å². The Hall–Kier alpha value is -5.82. The number of fused-ring (bicyclic) bond motifs is 9. The van der Waals surface area contributed by atoms with E-state index < -0.39 is 0 Å². The van der Waals surface area contributed by atoms with Crippen LogP contribution >= 0.6 is 34.4 Å². The van der Waals surface area contributed by atoms with E-state index in [-0.39, 0.29) is 16.7 Å². The van der Waals surface area contributed by atoms with E-state index in [9.17, 15) is 0 Å². The average molecular weight is 1050 g/mol. The topological polar surface area (TPSA) is 8.17 Å². The van der Waals surface area contributed by atoms with E-state index in [4.69, 9.17) is 0 Å². The first kappa shape index (κ1) is 43.9. The number of thioether (sulfide) groups is 1. The third-order valence-corrected chi connectivity index (χ3v) is 19.9. The Bertz CT molecular complexity index is 3460. The first-order valence-electron chi connectivity index (χ1n) is 26.5. The van der Waals surface area contributed by atoms with Crippen LogP contribution in [0.4, 0.5) is 5.69 Å². The van der Waals surface area contributed by atoms with Gasteiger partial charge < -0.3 is 9.47 Å². The lowest BCUT2D eigenvalue weighted by Crippen LogP contribution is -2.40. The monoisotopic (exact) mass is 1050 g/mol. The molecule has 1 fully saturated rings. The number of hydrogen-bond donors (Lipinski definition) is 0. The summed E-state index contributed by atoms with van der Waals surface area (Å²) in [6.45, 7) is 0. The number of halogens is 1. The second-order valence-corrected chi connectivity index (χ2v) is 24.0. The minimum absolute atomic E-state index is 0.0848. The van der Waals surface area contributed by atoms with E-state index in [1.807, 2.05) is 0 Å². The van der Waals surface area contributed by atoms with Gasteiger partial charge in [0.25, 0.3) is 0 Å². The van der Waals surface area contributed by atoms with Crippen LogP contribution in [0.15, 0.2) is 222 Å². The highest BCUT2D eigenvalue weighted by Gasteiger charge is 2.54. The molecule has 350 valence electrons. The van der Waals surface area contributed by atoms with Crippen molar-refractivity contribution in [1.29, 1.82) is 0 Å². The predicted octanol–water partition coefficient (Wildman–Crippen LogP) is 18.0. The van der Waals surface area contributed by atoms with Crippen LogP contribution in [-0.4, -0.2) is 19.8 Å². The fraction of sp³-hybridized carbons (Fsp3) is 0.254. The summed E-state index contributed by atoms with van der Waals surface area (Å²) in [5.41, 5.74) is 19.8. The number of benzene rings is 5. The Kier molecular flexibility index (Phi) is 11.2. The van der Waals surface area contributed by atoms with Crippen LogP contribution in [0.5, 0.6) is 0 Å². The molecule has 5 aromatic carbocycles. The van der Waals surface area contributed by atoms with Crippen LogP contribution in [0.2, 0.25) is 0 Å². The lowest BCUT2D eigenvalue weighted by atomic mass is 9.58. The van der Waals surface area contributed by atoms with Gasteiger partial charge in [-0.05, 0) is 156 Å². The maximum absolute atomic E-state index is 2.77. The SMILES string of the molecule is IC1CCCC(C2(c3ccccc3)C3=C(C=CCC3)c3c2ccc2c3SC3C(N(c4ccc(-c5ccc6c(c5)c5ccccc5n6C5=CC=CCC5)cc4)C4C=CC(C5C=CC=CC5)=CC4)=CC=CC23)C1. The van der Waals surface area contributed by atoms with Crippen LogP contribution < -0.4 is 4.90 Å². The molecule has 0 bridgehead atoms. The Morgan fingerprint density at radius 2 is 1.55 bits per heavy atom. The van der Waals surface area contributed by atoms with E-state index >= 15 is 0 Å². The molecule has 0 amide bonds. The van der Waals surface area contributed by atoms with Gasteiger partial charge in [0.05, 0.1) is 22.3 Å². The Morgan fingerprint density at radius 3 is 2.38 bits per heavy atom. The predicted molar refractivity (Wildman–Crippen MR) is 310 cm³/mol. The third-order valence-electron chi connectivity index (χ3n) is 17.3. The van der Waals surface area contributed by atoms with Crippen molar-refractivity contribution in [3.63, 3.8) is 0 Å². The molecule has 0 radical (unpaired) electrons. The molecule has 8 aliphatic rings. The molecular formula is C67H59IN2S. The van der Waals surface area contributed by atoms with Crippen LogP contribution in [0.3, 0.4) is 0 Å². The Balaban J connectivity index is 0.853. The van der Waals surface area contributed by atoms with Crippen LogP contribution in [0.25, 0.3) is 44.2 Å².